The first-order chi connectivity index (χ1) is 12.7. The van der Waals surface area contributed by atoms with Crippen molar-refractivity contribution < 1.29 is 0 Å². The van der Waals surface area contributed by atoms with Crippen molar-refractivity contribution in [3.05, 3.63) is 84.4 Å². The van der Waals surface area contributed by atoms with Gasteiger partial charge in [0.1, 0.15) is 6.04 Å². The van der Waals surface area contributed by atoms with Gasteiger partial charge in [0, 0.05) is 29.8 Å². The molecule has 1 fully saturated rings. The maximum absolute atomic E-state index is 5.74. The standard InChI is InChI=1S/C21H22N4S/c1-15(2)24-14-8-12-18(24)20-19(17-11-6-7-13-22-17)23-21(26)25(20)16-9-4-3-5-10-16/h3-15,19-20H,1-2H3,(H,23,26)/t19-,20-/m1/s1. The van der Waals surface area contributed by atoms with Crippen molar-refractivity contribution in [1.82, 2.24) is 14.9 Å². The molecule has 0 radical (unpaired) electrons. The second-order valence-corrected chi connectivity index (χ2v) is 7.15. The Kier molecular flexibility index (Phi) is 4.47. The molecule has 0 bridgehead atoms. The van der Waals surface area contributed by atoms with Crippen molar-refractivity contribution in [3.63, 3.8) is 0 Å². The molecule has 1 aromatic carbocycles. The van der Waals surface area contributed by atoms with E-state index < -0.39 is 0 Å². The van der Waals surface area contributed by atoms with E-state index in [4.69, 9.17) is 12.2 Å². The zero-order chi connectivity index (χ0) is 18.1. The van der Waals surface area contributed by atoms with Crippen LogP contribution in [0.1, 0.15) is 43.4 Å². The van der Waals surface area contributed by atoms with Crippen LogP contribution in [-0.2, 0) is 0 Å². The largest absolute Gasteiger partial charge is 0.351 e. The fourth-order valence-electron chi connectivity index (χ4n) is 3.65. The van der Waals surface area contributed by atoms with Gasteiger partial charge in [0.2, 0.25) is 0 Å². The van der Waals surface area contributed by atoms with E-state index in [-0.39, 0.29) is 12.1 Å². The van der Waals surface area contributed by atoms with Crippen LogP contribution in [-0.4, -0.2) is 14.7 Å². The Morgan fingerprint density at radius 2 is 1.77 bits per heavy atom. The molecule has 0 spiro atoms. The predicted molar refractivity (Wildman–Crippen MR) is 109 cm³/mol. The van der Waals surface area contributed by atoms with Gasteiger partial charge in [-0.3, -0.25) is 4.98 Å². The molecule has 1 N–H and O–H groups in total. The van der Waals surface area contributed by atoms with Crippen LogP contribution in [0.3, 0.4) is 0 Å². The zero-order valence-corrected chi connectivity index (χ0v) is 15.7. The lowest BCUT2D eigenvalue weighted by Crippen LogP contribution is -2.30. The summed E-state index contributed by atoms with van der Waals surface area (Å²) >= 11 is 5.74. The zero-order valence-electron chi connectivity index (χ0n) is 14.9. The quantitative estimate of drug-likeness (QED) is 0.686. The van der Waals surface area contributed by atoms with Gasteiger partial charge in [-0.1, -0.05) is 24.3 Å². The van der Waals surface area contributed by atoms with Crippen molar-refractivity contribution in [1.29, 1.82) is 0 Å². The molecule has 0 saturated carbocycles. The lowest BCUT2D eigenvalue weighted by molar-refractivity contribution is 0.497. The maximum atomic E-state index is 5.74. The van der Waals surface area contributed by atoms with Crippen LogP contribution in [0.2, 0.25) is 0 Å². The first-order valence-electron chi connectivity index (χ1n) is 8.89. The molecule has 4 rings (SSSR count). The number of rotatable bonds is 4. The highest BCUT2D eigenvalue weighted by atomic mass is 32.1. The summed E-state index contributed by atoms with van der Waals surface area (Å²) < 4.78 is 2.31. The highest BCUT2D eigenvalue weighted by molar-refractivity contribution is 7.80. The van der Waals surface area contributed by atoms with Crippen molar-refractivity contribution in [2.45, 2.75) is 32.0 Å². The Labute approximate surface area is 159 Å². The van der Waals surface area contributed by atoms with Gasteiger partial charge in [-0.2, -0.15) is 0 Å². The third kappa shape index (κ3) is 2.88. The van der Waals surface area contributed by atoms with Crippen molar-refractivity contribution in [3.8, 4) is 0 Å². The highest BCUT2D eigenvalue weighted by Gasteiger charge is 2.42. The van der Waals surface area contributed by atoms with E-state index in [9.17, 15) is 0 Å². The summed E-state index contributed by atoms with van der Waals surface area (Å²) in [6.07, 6.45) is 3.98. The van der Waals surface area contributed by atoms with E-state index in [1.54, 1.807) is 0 Å². The summed E-state index contributed by atoms with van der Waals surface area (Å²) in [7, 11) is 0. The second-order valence-electron chi connectivity index (χ2n) is 6.77. The summed E-state index contributed by atoms with van der Waals surface area (Å²) in [5.41, 5.74) is 3.31. The number of pyridine rings is 1. The molecule has 2 aromatic heterocycles. The Morgan fingerprint density at radius 1 is 1.00 bits per heavy atom. The molecule has 4 nitrogen and oxygen atoms in total. The SMILES string of the molecule is CC(C)n1cccc1[C@@H]1[C@@H](c2ccccn2)NC(=S)N1c1ccccc1. The summed E-state index contributed by atoms with van der Waals surface area (Å²) in [6.45, 7) is 4.40. The molecule has 0 aliphatic carbocycles. The topological polar surface area (TPSA) is 33.1 Å². The number of hydrogen-bond acceptors (Lipinski definition) is 2. The molecule has 3 heterocycles. The van der Waals surface area contributed by atoms with E-state index in [0.29, 0.717) is 6.04 Å². The molecular formula is C21H22N4S. The Bertz CT molecular complexity index is 889. The van der Waals surface area contributed by atoms with E-state index in [1.165, 1.54) is 5.69 Å². The average molecular weight is 363 g/mol. The summed E-state index contributed by atoms with van der Waals surface area (Å²) in [6, 6.07) is 21.0. The number of hydrogen-bond donors (Lipinski definition) is 1. The lowest BCUT2D eigenvalue weighted by Gasteiger charge is -2.29. The molecule has 5 heteroatoms. The molecule has 1 saturated heterocycles. The minimum absolute atomic E-state index is 0.00342. The van der Waals surface area contributed by atoms with Gasteiger partial charge < -0.3 is 14.8 Å². The summed E-state index contributed by atoms with van der Waals surface area (Å²) in [5, 5.41) is 4.23. The van der Waals surface area contributed by atoms with Crippen molar-refractivity contribution >= 4 is 23.0 Å². The summed E-state index contributed by atoms with van der Waals surface area (Å²) in [4.78, 5) is 6.81. The number of para-hydroxylation sites is 1. The average Bonchev–Trinajstić information content (AvgIpc) is 3.27. The molecule has 2 atom stereocenters. The molecule has 1 aliphatic heterocycles. The molecule has 3 aromatic rings. The minimum atomic E-state index is -0.00342. The minimum Gasteiger partial charge on any atom is -0.351 e. The Hall–Kier alpha value is -2.66. The predicted octanol–water partition coefficient (Wildman–Crippen LogP) is 4.64. The molecule has 132 valence electrons. The number of aromatic nitrogens is 2. The lowest BCUT2D eigenvalue weighted by atomic mass is 10.0. The van der Waals surface area contributed by atoms with Crippen LogP contribution in [0.5, 0.6) is 0 Å². The number of anilines is 1. The Balaban J connectivity index is 1.86. The number of thiocarbonyl (C=S) groups is 1. The molecule has 1 aliphatic rings. The van der Waals surface area contributed by atoms with Gasteiger partial charge in [0.05, 0.1) is 11.7 Å². The van der Waals surface area contributed by atoms with Crippen LogP contribution < -0.4 is 10.2 Å². The van der Waals surface area contributed by atoms with Crippen molar-refractivity contribution in [2.24, 2.45) is 0 Å². The van der Waals surface area contributed by atoms with Crippen LogP contribution in [0.25, 0.3) is 0 Å². The van der Waals surface area contributed by atoms with Gasteiger partial charge in [0.25, 0.3) is 0 Å². The summed E-state index contributed by atoms with van der Waals surface area (Å²) in [5.74, 6) is 0. The number of nitrogens with zero attached hydrogens (tertiary/aromatic N) is 3. The molecule has 26 heavy (non-hydrogen) atoms. The van der Waals surface area contributed by atoms with Crippen LogP contribution in [0.4, 0.5) is 5.69 Å². The van der Waals surface area contributed by atoms with Crippen LogP contribution in [0.15, 0.2) is 73.1 Å². The fraction of sp³-hybridized carbons (Fsp3) is 0.238. The molecule has 0 amide bonds. The van der Waals surface area contributed by atoms with Crippen molar-refractivity contribution in [2.75, 3.05) is 4.90 Å². The monoisotopic (exact) mass is 362 g/mol. The highest BCUT2D eigenvalue weighted by Crippen LogP contribution is 2.41. The molecular weight excluding hydrogens is 340 g/mol. The van der Waals surface area contributed by atoms with Crippen LogP contribution >= 0.6 is 12.2 Å². The Morgan fingerprint density at radius 3 is 2.46 bits per heavy atom. The third-order valence-electron chi connectivity index (χ3n) is 4.80. The third-order valence-corrected chi connectivity index (χ3v) is 5.12. The first kappa shape index (κ1) is 16.8. The van der Waals surface area contributed by atoms with Gasteiger partial charge in [-0.05, 0) is 62.5 Å². The van der Waals surface area contributed by atoms with Gasteiger partial charge >= 0.3 is 0 Å². The van der Waals surface area contributed by atoms with Crippen LogP contribution in [0, 0.1) is 0 Å². The number of benzene rings is 1. The molecule has 0 unspecified atom stereocenters. The van der Waals surface area contributed by atoms with E-state index >= 15 is 0 Å². The fourth-order valence-corrected chi connectivity index (χ4v) is 4.00. The first-order valence-corrected chi connectivity index (χ1v) is 9.30. The van der Waals surface area contributed by atoms with E-state index in [2.05, 4.69) is 70.1 Å². The smallest absolute Gasteiger partial charge is 0.174 e. The van der Waals surface area contributed by atoms with Gasteiger partial charge in [-0.25, -0.2) is 0 Å². The van der Waals surface area contributed by atoms with Gasteiger partial charge in [-0.15, -0.1) is 0 Å². The van der Waals surface area contributed by atoms with E-state index in [1.807, 2.05) is 36.5 Å². The van der Waals surface area contributed by atoms with E-state index in [0.717, 1.165) is 16.5 Å². The normalized spacial score (nSPS) is 19.8. The maximum Gasteiger partial charge on any atom is 0.174 e. The second kappa shape index (κ2) is 6.92. The number of nitrogens with one attached hydrogen (secondary N) is 1. The van der Waals surface area contributed by atoms with Gasteiger partial charge in [0.15, 0.2) is 5.11 Å².